The van der Waals surface area contributed by atoms with Gasteiger partial charge < -0.3 is 9.32 Å². The van der Waals surface area contributed by atoms with Crippen LogP contribution in [0.5, 0.6) is 0 Å². The van der Waals surface area contributed by atoms with Crippen molar-refractivity contribution in [1.82, 2.24) is 0 Å². The van der Waals surface area contributed by atoms with Gasteiger partial charge in [0, 0.05) is 20.2 Å². The van der Waals surface area contributed by atoms with Crippen molar-refractivity contribution in [2.45, 2.75) is 0 Å². The highest BCUT2D eigenvalue weighted by atomic mass is 79.9. The second-order valence-corrected chi connectivity index (χ2v) is 2.69. The van der Waals surface area contributed by atoms with Crippen molar-refractivity contribution >= 4 is 21.6 Å². The monoisotopic (exact) mass is 189 g/mol. The Morgan fingerprint density at radius 3 is 2.44 bits per heavy atom. The molecule has 0 atom stereocenters. The molecule has 3 heteroatoms. The number of rotatable bonds is 1. The minimum absolute atomic E-state index is 0.785. The van der Waals surface area contributed by atoms with E-state index in [1.54, 1.807) is 6.26 Å². The van der Waals surface area contributed by atoms with Crippen molar-refractivity contribution in [2.24, 2.45) is 0 Å². The Hall–Kier alpha value is -0.440. The highest BCUT2D eigenvalue weighted by Crippen LogP contribution is 2.24. The molecule has 0 aliphatic heterocycles. The van der Waals surface area contributed by atoms with E-state index in [4.69, 9.17) is 4.42 Å². The van der Waals surface area contributed by atoms with E-state index in [2.05, 4.69) is 15.9 Å². The molecule has 1 rings (SSSR count). The molecular weight excluding hydrogens is 182 g/mol. The number of halogens is 1. The van der Waals surface area contributed by atoms with E-state index >= 15 is 0 Å². The summed E-state index contributed by atoms with van der Waals surface area (Å²) in [6, 6.07) is 1.91. The van der Waals surface area contributed by atoms with Crippen LogP contribution in [-0.2, 0) is 0 Å². The third-order valence-electron chi connectivity index (χ3n) is 1.08. The first-order chi connectivity index (χ1) is 4.22. The normalized spacial score (nSPS) is 9.67. The standard InChI is InChI=1S/C6H8BrNO/c1-8(2)5-3-4-9-6(5)7/h3-4H,1-2H3. The molecule has 2 nitrogen and oxygen atoms in total. The first kappa shape index (κ1) is 6.68. The molecule has 0 aliphatic rings. The predicted molar refractivity (Wildman–Crippen MR) is 40.7 cm³/mol. The van der Waals surface area contributed by atoms with Crippen LogP contribution in [0, 0.1) is 0 Å². The van der Waals surface area contributed by atoms with E-state index in [0.29, 0.717) is 0 Å². The van der Waals surface area contributed by atoms with Gasteiger partial charge in [-0.05, 0) is 15.9 Å². The Morgan fingerprint density at radius 1 is 1.56 bits per heavy atom. The zero-order valence-corrected chi connectivity index (χ0v) is 6.97. The van der Waals surface area contributed by atoms with Crippen LogP contribution >= 0.6 is 15.9 Å². The average Bonchev–Trinajstić information content (AvgIpc) is 2.13. The predicted octanol–water partition coefficient (Wildman–Crippen LogP) is 2.11. The molecule has 0 fully saturated rings. The molecule has 0 unspecified atom stereocenters. The topological polar surface area (TPSA) is 16.4 Å². The van der Waals surface area contributed by atoms with Gasteiger partial charge in [0.2, 0.25) is 0 Å². The van der Waals surface area contributed by atoms with Crippen LogP contribution in [0.15, 0.2) is 21.4 Å². The summed E-state index contributed by atoms with van der Waals surface area (Å²) in [5, 5.41) is 0. The van der Waals surface area contributed by atoms with Crippen molar-refractivity contribution in [3.63, 3.8) is 0 Å². The Labute approximate surface area is 62.6 Å². The third kappa shape index (κ3) is 1.27. The Bertz CT molecular complexity index is 195. The van der Waals surface area contributed by atoms with Gasteiger partial charge in [-0.25, -0.2) is 0 Å². The maximum absolute atomic E-state index is 5.00. The molecular formula is C6H8BrNO. The van der Waals surface area contributed by atoms with Crippen LogP contribution in [0.2, 0.25) is 0 Å². The van der Waals surface area contributed by atoms with Crippen molar-refractivity contribution in [3.05, 3.63) is 17.0 Å². The summed E-state index contributed by atoms with van der Waals surface area (Å²) in [5.41, 5.74) is 1.06. The van der Waals surface area contributed by atoms with Gasteiger partial charge in [0.15, 0.2) is 4.67 Å². The van der Waals surface area contributed by atoms with Crippen LogP contribution in [0.25, 0.3) is 0 Å². The smallest absolute Gasteiger partial charge is 0.192 e. The van der Waals surface area contributed by atoms with Gasteiger partial charge in [-0.3, -0.25) is 0 Å². The molecule has 1 aromatic heterocycles. The summed E-state index contributed by atoms with van der Waals surface area (Å²) < 4.78 is 5.79. The van der Waals surface area contributed by atoms with Gasteiger partial charge in [0.25, 0.3) is 0 Å². The molecule has 0 spiro atoms. The molecule has 9 heavy (non-hydrogen) atoms. The van der Waals surface area contributed by atoms with E-state index in [0.717, 1.165) is 10.4 Å². The van der Waals surface area contributed by atoms with Crippen molar-refractivity contribution in [2.75, 3.05) is 19.0 Å². The fourth-order valence-corrected chi connectivity index (χ4v) is 1.20. The Balaban J connectivity index is 2.94. The summed E-state index contributed by atoms with van der Waals surface area (Å²) in [6.45, 7) is 0. The Morgan fingerprint density at radius 2 is 2.22 bits per heavy atom. The highest BCUT2D eigenvalue weighted by Gasteiger charge is 2.02. The largest absolute Gasteiger partial charge is 0.455 e. The third-order valence-corrected chi connectivity index (χ3v) is 1.67. The number of nitrogens with zero attached hydrogens (tertiary/aromatic N) is 1. The zero-order valence-electron chi connectivity index (χ0n) is 5.39. The lowest BCUT2D eigenvalue weighted by atomic mass is 10.5. The van der Waals surface area contributed by atoms with E-state index in [1.165, 1.54) is 0 Å². The van der Waals surface area contributed by atoms with Crippen LogP contribution in [0.1, 0.15) is 0 Å². The fourth-order valence-electron chi connectivity index (χ4n) is 0.609. The van der Waals surface area contributed by atoms with Crippen LogP contribution in [0.4, 0.5) is 5.69 Å². The van der Waals surface area contributed by atoms with E-state index in [1.807, 2.05) is 25.1 Å². The highest BCUT2D eigenvalue weighted by molar-refractivity contribution is 9.10. The van der Waals surface area contributed by atoms with E-state index < -0.39 is 0 Å². The first-order valence-electron chi connectivity index (χ1n) is 2.62. The SMILES string of the molecule is CN(C)c1ccoc1Br. The molecule has 1 aromatic rings. The minimum atomic E-state index is 0.785. The van der Waals surface area contributed by atoms with E-state index in [-0.39, 0.29) is 0 Å². The number of anilines is 1. The summed E-state index contributed by atoms with van der Waals surface area (Å²) in [6.07, 6.45) is 1.65. The molecule has 50 valence electrons. The average molecular weight is 190 g/mol. The molecule has 0 N–H and O–H groups in total. The van der Waals surface area contributed by atoms with E-state index in [9.17, 15) is 0 Å². The van der Waals surface area contributed by atoms with Gasteiger partial charge in [0.05, 0.1) is 12.0 Å². The van der Waals surface area contributed by atoms with Crippen LogP contribution in [0.3, 0.4) is 0 Å². The molecule has 0 saturated carbocycles. The summed E-state index contributed by atoms with van der Waals surface area (Å²) >= 11 is 3.26. The summed E-state index contributed by atoms with van der Waals surface area (Å²) in [5.74, 6) is 0. The van der Waals surface area contributed by atoms with Gasteiger partial charge >= 0.3 is 0 Å². The van der Waals surface area contributed by atoms with Gasteiger partial charge in [-0.15, -0.1) is 0 Å². The fraction of sp³-hybridized carbons (Fsp3) is 0.333. The molecule has 0 amide bonds. The van der Waals surface area contributed by atoms with Crippen molar-refractivity contribution in [3.8, 4) is 0 Å². The lowest BCUT2D eigenvalue weighted by molar-refractivity contribution is 0.541. The van der Waals surface area contributed by atoms with Gasteiger partial charge in [0.1, 0.15) is 0 Å². The van der Waals surface area contributed by atoms with Crippen molar-refractivity contribution < 1.29 is 4.42 Å². The molecule has 1 heterocycles. The van der Waals surface area contributed by atoms with Crippen molar-refractivity contribution in [1.29, 1.82) is 0 Å². The maximum atomic E-state index is 5.00. The van der Waals surface area contributed by atoms with Gasteiger partial charge in [-0.2, -0.15) is 0 Å². The van der Waals surface area contributed by atoms with Gasteiger partial charge in [-0.1, -0.05) is 0 Å². The second kappa shape index (κ2) is 2.43. The minimum Gasteiger partial charge on any atom is -0.455 e. The van der Waals surface area contributed by atoms with Crippen LogP contribution in [-0.4, -0.2) is 14.1 Å². The molecule has 0 saturated heterocycles. The number of hydrogen-bond acceptors (Lipinski definition) is 2. The quantitative estimate of drug-likeness (QED) is 0.674. The Kier molecular flexibility index (Phi) is 1.81. The second-order valence-electron chi connectivity index (χ2n) is 1.97. The number of hydrogen-bond donors (Lipinski definition) is 0. The summed E-state index contributed by atoms with van der Waals surface area (Å²) in [4.78, 5) is 1.98. The molecule has 0 aliphatic carbocycles. The lowest BCUT2D eigenvalue weighted by Gasteiger charge is -2.07. The first-order valence-corrected chi connectivity index (χ1v) is 3.41. The molecule has 0 aromatic carbocycles. The lowest BCUT2D eigenvalue weighted by Crippen LogP contribution is -2.07. The maximum Gasteiger partial charge on any atom is 0.192 e. The molecule has 0 radical (unpaired) electrons. The van der Waals surface area contributed by atoms with Crippen LogP contribution < -0.4 is 4.90 Å². The zero-order chi connectivity index (χ0) is 6.85. The summed E-state index contributed by atoms with van der Waals surface area (Å²) in [7, 11) is 3.94. The molecule has 0 bridgehead atoms. The number of furan rings is 1.